The number of rotatable bonds is 1. The number of ether oxygens (including phenoxy) is 1. The van der Waals surface area contributed by atoms with Gasteiger partial charge in [0.2, 0.25) is 0 Å². The maximum atomic E-state index is 12.2. The Kier molecular flexibility index (Phi) is 4.04. The maximum absolute atomic E-state index is 12.2. The Morgan fingerprint density at radius 3 is 2.70 bits per heavy atom. The Hall–Kier alpha value is -2.05. The fourth-order valence-corrected chi connectivity index (χ4v) is 3.27. The number of nitrogens with one attached hydrogen (secondary N) is 1. The zero-order chi connectivity index (χ0) is 16.6. The molecule has 1 atom stereocenters. The fraction of sp³-hybridized carbons (Fsp3) is 0.688. The van der Waals surface area contributed by atoms with Crippen molar-refractivity contribution in [1.29, 1.82) is 0 Å². The highest BCUT2D eigenvalue weighted by molar-refractivity contribution is 6.07. The van der Waals surface area contributed by atoms with Crippen LogP contribution in [0.3, 0.4) is 0 Å². The van der Waals surface area contributed by atoms with E-state index in [2.05, 4.69) is 10.3 Å². The average Bonchev–Trinajstić information content (AvgIpc) is 2.81. The van der Waals surface area contributed by atoms with Crippen LogP contribution in [-0.4, -0.2) is 58.5 Å². The van der Waals surface area contributed by atoms with Crippen LogP contribution in [0.2, 0.25) is 0 Å². The van der Waals surface area contributed by atoms with Crippen molar-refractivity contribution >= 4 is 18.0 Å². The van der Waals surface area contributed by atoms with Crippen LogP contribution >= 0.6 is 0 Å². The third-order valence-corrected chi connectivity index (χ3v) is 4.31. The van der Waals surface area contributed by atoms with Crippen molar-refractivity contribution in [2.45, 2.75) is 57.7 Å². The van der Waals surface area contributed by atoms with E-state index < -0.39 is 5.60 Å². The van der Waals surface area contributed by atoms with Gasteiger partial charge in [0, 0.05) is 25.3 Å². The molecular formula is C16H24N4O3. The minimum atomic E-state index is -0.484. The van der Waals surface area contributed by atoms with Crippen LogP contribution < -0.4 is 5.32 Å². The lowest BCUT2D eigenvalue weighted by molar-refractivity contribution is 0.0163. The predicted molar refractivity (Wildman–Crippen MR) is 86.2 cm³/mol. The van der Waals surface area contributed by atoms with E-state index in [0.717, 1.165) is 25.1 Å². The number of hydrogen-bond acceptors (Lipinski definition) is 4. The van der Waals surface area contributed by atoms with Crippen molar-refractivity contribution in [1.82, 2.24) is 15.1 Å². The second kappa shape index (κ2) is 5.86. The Balaban J connectivity index is 1.59. The summed E-state index contributed by atoms with van der Waals surface area (Å²) >= 11 is 0. The first-order valence-corrected chi connectivity index (χ1v) is 8.15. The summed E-state index contributed by atoms with van der Waals surface area (Å²) in [4.78, 5) is 32.2. The Bertz CT molecular complexity index is 556. The fourth-order valence-electron chi connectivity index (χ4n) is 3.27. The predicted octanol–water partition coefficient (Wildman–Crippen LogP) is 2.10. The lowest BCUT2D eigenvalue weighted by Crippen LogP contribution is -2.51. The Morgan fingerprint density at radius 1 is 1.35 bits per heavy atom. The van der Waals surface area contributed by atoms with Gasteiger partial charge in [0.05, 0.1) is 6.04 Å². The van der Waals surface area contributed by atoms with Crippen molar-refractivity contribution in [2.24, 2.45) is 4.99 Å². The summed E-state index contributed by atoms with van der Waals surface area (Å²) in [7, 11) is 0. The molecule has 1 N–H and O–H groups in total. The van der Waals surface area contributed by atoms with Crippen molar-refractivity contribution in [2.75, 3.05) is 13.1 Å². The molecule has 7 heteroatoms. The zero-order valence-electron chi connectivity index (χ0n) is 13.9. The van der Waals surface area contributed by atoms with Gasteiger partial charge in [-0.3, -0.25) is 5.32 Å². The maximum Gasteiger partial charge on any atom is 0.410 e. The van der Waals surface area contributed by atoms with Gasteiger partial charge in [0.25, 0.3) is 0 Å². The molecule has 0 aromatic heterocycles. The summed E-state index contributed by atoms with van der Waals surface area (Å²) in [6.45, 7) is 6.81. The van der Waals surface area contributed by atoms with E-state index in [0.29, 0.717) is 13.1 Å². The van der Waals surface area contributed by atoms with E-state index in [9.17, 15) is 9.59 Å². The van der Waals surface area contributed by atoms with Crippen LogP contribution in [-0.2, 0) is 4.74 Å². The van der Waals surface area contributed by atoms with E-state index in [1.165, 1.54) is 0 Å². The summed E-state index contributed by atoms with van der Waals surface area (Å²) < 4.78 is 5.41. The summed E-state index contributed by atoms with van der Waals surface area (Å²) in [6, 6.07) is 0.0802. The topological polar surface area (TPSA) is 74.2 Å². The molecule has 3 aliphatic rings. The highest BCUT2D eigenvalue weighted by atomic mass is 16.6. The molecule has 0 bridgehead atoms. The number of fused-ring (bicyclic) bond motifs is 1. The normalized spacial score (nSPS) is 25.1. The number of amidine groups is 1. The van der Waals surface area contributed by atoms with Gasteiger partial charge in [-0.15, -0.1) is 0 Å². The number of nitrogens with zero attached hydrogens (tertiary/aromatic N) is 3. The molecule has 0 aromatic carbocycles. The minimum absolute atomic E-state index is 0.0191. The molecule has 0 radical (unpaired) electrons. The number of aliphatic imine (C=N–C) groups is 1. The number of carbonyl (C=O) groups is 2. The van der Waals surface area contributed by atoms with Crippen molar-refractivity contribution in [3.8, 4) is 0 Å². The van der Waals surface area contributed by atoms with Crippen LogP contribution in [0.5, 0.6) is 0 Å². The first kappa shape index (κ1) is 15.8. The number of carbonyl (C=O) groups excluding carboxylic acids is 2. The molecule has 2 saturated heterocycles. The van der Waals surface area contributed by atoms with E-state index in [1.807, 2.05) is 31.7 Å². The molecule has 2 fully saturated rings. The van der Waals surface area contributed by atoms with Gasteiger partial charge in [-0.2, -0.15) is 0 Å². The first-order valence-electron chi connectivity index (χ1n) is 8.15. The lowest BCUT2D eigenvalue weighted by Gasteiger charge is -2.38. The molecule has 1 unspecified atom stereocenters. The second-order valence-corrected chi connectivity index (χ2v) is 7.19. The molecular weight excluding hydrogens is 296 g/mol. The first-order chi connectivity index (χ1) is 10.8. The standard InChI is InChI=1S/C16H24N4O3/c1-16(2,3)23-15(22)19-9-6-11(7-10-19)20-12-5-4-8-17-13(12)18-14(20)21/h4,8,11-12H,5-7,9-10H2,1-3H3,(H,17,18,21). The molecule has 3 amide bonds. The quantitative estimate of drug-likeness (QED) is 0.804. The summed E-state index contributed by atoms with van der Waals surface area (Å²) in [6.07, 6.45) is 5.77. The van der Waals surface area contributed by atoms with Gasteiger partial charge in [0.1, 0.15) is 11.4 Å². The summed E-state index contributed by atoms with van der Waals surface area (Å²) in [5, 5.41) is 2.85. The van der Waals surface area contributed by atoms with Crippen molar-refractivity contribution in [3.63, 3.8) is 0 Å². The Morgan fingerprint density at radius 2 is 2.04 bits per heavy atom. The van der Waals surface area contributed by atoms with Gasteiger partial charge < -0.3 is 14.5 Å². The molecule has 3 rings (SSSR count). The van der Waals surface area contributed by atoms with Gasteiger partial charge in [-0.05, 0) is 40.0 Å². The zero-order valence-corrected chi connectivity index (χ0v) is 13.9. The minimum Gasteiger partial charge on any atom is -0.444 e. The van der Waals surface area contributed by atoms with Crippen LogP contribution in [0, 0.1) is 0 Å². The van der Waals surface area contributed by atoms with Crippen LogP contribution in [0.25, 0.3) is 0 Å². The van der Waals surface area contributed by atoms with E-state index in [-0.39, 0.29) is 24.2 Å². The van der Waals surface area contributed by atoms with Crippen molar-refractivity contribution in [3.05, 3.63) is 12.3 Å². The second-order valence-electron chi connectivity index (χ2n) is 7.19. The molecule has 0 saturated carbocycles. The molecule has 23 heavy (non-hydrogen) atoms. The Labute approximate surface area is 136 Å². The van der Waals surface area contributed by atoms with Gasteiger partial charge >= 0.3 is 12.1 Å². The number of urea groups is 1. The smallest absolute Gasteiger partial charge is 0.410 e. The molecule has 0 spiro atoms. The number of amides is 3. The molecule has 126 valence electrons. The van der Waals surface area contributed by atoms with Gasteiger partial charge in [0.15, 0.2) is 0 Å². The number of piperidine rings is 1. The number of likely N-dealkylation sites (tertiary alicyclic amines) is 1. The third-order valence-electron chi connectivity index (χ3n) is 4.31. The molecule has 0 aromatic rings. The highest BCUT2D eigenvalue weighted by Crippen LogP contribution is 2.26. The summed E-state index contributed by atoms with van der Waals surface area (Å²) in [5.41, 5.74) is -0.484. The number of hydrogen-bond donors (Lipinski definition) is 1. The third kappa shape index (κ3) is 3.33. The molecule has 7 nitrogen and oxygen atoms in total. The SMILES string of the molecule is CC(C)(C)OC(=O)N1CCC(N2C(=O)NC3=NC=CCC32)CC1. The van der Waals surface area contributed by atoms with Crippen LogP contribution in [0.1, 0.15) is 40.0 Å². The van der Waals surface area contributed by atoms with E-state index >= 15 is 0 Å². The summed E-state index contributed by atoms with van der Waals surface area (Å²) in [5.74, 6) is 0.743. The van der Waals surface area contributed by atoms with Gasteiger partial charge in [-0.25, -0.2) is 14.6 Å². The van der Waals surface area contributed by atoms with Crippen LogP contribution in [0.4, 0.5) is 9.59 Å². The van der Waals surface area contributed by atoms with Crippen LogP contribution in [0.15, 0.2) is 17.3 Å². The van der Waals surface area contributed by atoms with Crippen molar-refractivity contribution < 1.29 is 14.3 Å². The van der Waals surface area contributed by atoms with E-state index in [1.54, 1.807) is 11.1 Å². The highest BCUT2D eigenvalue weighted by Gasteiger charge is 2.42. The molecule has 0 aliphatic carbocycles. The molecule has 3 heterocycles. The average molecular weight is 320 g/mol. The largest absolute Gasteiger partial charge is 0.444 e. The monoisotopic (exact) mass is 320 g/mol. The van der Waals surface area contributed by atoms with E-state index in [4.69, 9.17) is 4.74 Å². The molecule has 3 aliphatic heterocycles. The lowest BCUT2D eigenvalue weighted by atomic mass is 10.0. The van der Waals surface area contributed by atoms with Gasteiger partial charge in [-0.1, -0.05) is 6.08 Å².